The normalized spacial score (nSPS) is 11.9. The van der Waals surface area contributed by atoms with Crippen molar-refractivity contribution in [1.29, 1.82) is 0 Å². The zero-order valence-corrected chi connectivity index (χ0v) is 12.4. The first-order valence-corrected chi connectivity index (χ1v) is 7.16. The van der Waals surface area contributed by atoms with Crippen molar-refractivity contribution < 1.29 is 18.0 Å². The van der Waals surface area contributed by atoms with E-state index in [-0.39, 0.29) is 10.8 Å². The Bertz CT molecular complexity index is 676. The van der Waals surface area contributed by atoms with Crippen LogP contribution in [0.5, 0.6) is 0 Å². The zero-order chi connectivity index (χ0) is 15.6. The third-order valence-corrected chi connectivity index (χ3v) is 3.64. The molecule has 1 N–H and O–H groups in total. The van der Waals surface area contributed by atoms with Crippen LogP contribution in [0.25, 0.3) is 5.65 Å². The van der Waals surface area contributed by atoms with Gasteiger partial charge in [0.25, 0.3) is 0 Å². The Hall–Kier alpha value is -1.19. The molecule has 0 atom stereocenters. The third-order valence-electron chi connectivity index (χ3n) is 2.21. The van der Waals surface area contributed by atoms with Crippen LogP contribution in [0.15, 0.2) is 17.4 Å². The van der Waals surface area contributed by atoms with Crippen LogP contribution in [-0.4, -0.2) is 39.0 Å². The van der Waals surface area contributed by atoms with Crippen molar-refractivity contribution in [1.82, 2.24) is 19.9 Å². The lowest BCUT2D eigenvalue weighted by molar-refractivity contribution is -0.136. The van der Waals surface area contributed by atoms with Crippen molar-refractivity contribution in [2.75, 3.05) is 12.3 Å². The van der Waals surface area contributed by atoms with E-state index in [4.69, 9.17) is 23.2 Å². The first-order valence-electron chi connectivity index (χ1n) is 5.42. The highest BCUT2D eigenvalue weighted by Crippen LogP contribution is 2.25. The minimum Gasteiger partial charge on any atom is -0.346 e. The van der Waals surface area contributed by atoms with Gasteiger partial charge >= 0.3 is 6.18 Å². The van der Waals surface area contributed by atoms with E-state index in [1.165, 1.54) is 16.7 Å². The number of nitrogens with zero attached hydrogens (tertiary/aromatic N) is 3. The second-order valence-corrected chi connectivity index (χ2v) is 5.65. The lowest BCUT2D eigenvalue weighted by atomic mass is 10.5. The Balaban J connectivity index is 2.02. The van der Waals surface area contributed by atoms with Crippen molar-refractivity contribution in [2.45, 2.75) is 11.3 Å². The van der Waals surface area contributed by atoms with Gasteiger partial charge in [-0.3, -0.25) is 9.20 Å². The Labute approximate surface area is 130 Å². The molecule has 0 unspecified atom stereocenters. The topological polar surface area (TPSA) is 59.3 Å². The summed E-state index contributed by atoms with van der Waals surface area (Å²) in [6.07, 6.45) is -2.94. The van der Waals surface area contributed by atoms with Crippen molar-refractivity contribution in [3.63, 3.8) is 0 Å². The van der Waals surface area contributed by atoms with Crippen LogP contribution in [0.3, 0.4) is 0 Å². The van der Waals surface area contributed by atoms with Gasteiger partial charge in [0, 0.05) is 6.20 Å². The number of thioether (sulfide) groups is 1. The Morgan fingerprint density at radius 3 is 2.76 bits per heavy atom. The summed E-state index contributed by atoms with van der Waals surface area (Å²) in [6, 6.07) is 1.48. The minimum atomic E-state index is -4.44. The molecule has 11 heteroatoms. The van der Waals surface area contributed by atoms with E-state index in [0.717, 1.165) is 11.8 Å². The van der Waals surface area contributed by atoms with Gasteiger partial charge in [0.2, 0.25) is 5.91 Å². The van der Waals surface area contributed by atoms with Gasteiger partial charge in [0.15, 0.2) is 10.8 Å². The van der Waals surface area contributed by atoms with Crippen molar-refractivity contribution in [2.24, 2.45) is 0 Å². The van der Waals surface area contributed by atoms with Gasteiger partial charge < -0.3 is 5.32 Å². The second-order valence-electron chi connectivity index (χ2n) is 3.86. The van der Waals surface area contributed by atoms with E-state index in [9.17, 15) is 18.0 Å². The van der Waals surface area contributed by atoms with Crippen LogP contribution < -0.4 is 5.32 Å². The highest BCUT2D eigenvalue weighted by molar-refractivity contribution is 7.99. The summed E-state index contributed by atoms with van der Waals surface area (Å²) in [5.74, 6) is -0.997. The van der Waals surface area contributed by atoms with Gasteiger partial charge in [-0.2, -0.15) is 13.2 Å². The maximum atomic E-state index is 11.9. The van der Waals surface area contributed by atoms with Gasteiger partial charge in [-0.15, -0.1) is 10.2 Å². The van der Waals surface area contributed by atoms with Crippen molar-refractivity contribution in [3.05, 3.63) is 22.3 Å². The number of aromatic nitrogens is 3. The van der Waals surface area contributed by atoms with E-state index in [1.807, 2.05) is 0 Å². The molecule has 2 aromatic heterocycles. The van der Waals surface area contributed by atoms with Gasteiger partial charge in [0.1, 0.15) is 6.54 Å². The van der Waals surface area contributed by atoms with Crippen molar-refractivity contribution >= 4 is 46.5 Å². The van der Waals surface area contributed by atoms with Gasteiger partial charge in [-0.1, -0.05) is 35.0 Å². The fraction of sp³-hybridized carbons (Fsp3) is 0.300. The standard InChI is InChI=1S/C10H7Cl2F3N4OS/c11-5-1-6(12)8-17-18-9(19(8)2-5)21-3-7(20)16-4-10(13,14)15/h1-2H,3-4H2,(H,16,20). The first-order chi connectivity index (χ1) is 9.76. The van der Waals surface area contributed by atoms with E-state index in [0.29, 0.717) is 15.8 Å². The van der Waals surface area contributed by atoms with Crippen LogP contribution >= 0.6 is 35.0 Å². The molecule has 0 aliphatic heterocycles. The Kier molecular flexibility index (Phi) is 4.84. The molecule has 0 radical (unpaired) electrons. The number of rotatable bonds is 4. The summed E-state index contributed by atoms with van der Waals surface area (Å²) < 4.78 is 37.3. The molecule has 0 bridgehead atoms. The third kappa shape index (κ3) is 4.39. The lowest BCUT2D eigenvalue weighted by Gasteiger charge is -2.07. The van der Waals surface area contributed by atoms with Gasteiger partial charge in [-0.25, -0.2) is 0 Å². The summed E-state index contributed by atoms with van der Waals surface area (Å²) in [5.41, 5.74) is 0.347. The Morgan fingerprint density at radius 1 is 1.38 bits per heavy atom. The molecule has 0 aliphatic carbocycles. The number of alkyl halides is 3. The summed E-state index contributed by atoms with van der Waals surface area (Å²) in [6.45, 7) is -1.37. The lowest BCUT2D eigenvalue weighted by Crippen LogP contribution is -2.34. The number of amides is 1. The van der Waals surface area contributed by atoms with Crippen LogP contribution in [0.2, 0.25) is 10.0 Å². The highest BCUT2D eigenvalue weighted by atomic mass is 35.5. The number of nitrogens with one attached hydrogen (secondary N) is 1. The van der Waals surface area contributed by atoms with E-state index >= 15 is 0 Å². The molecule has 0 aliphatic rings. The SMILES string of the molecule is O=C(CSc1nnc2c(Cl)cc(Cl)cn12)NCC(F)(F)F. The zero-order valence-electron chi connectivity index (χ0n) is 10.1. The monoisotopic (exact) mass is 358 g/mol. The average Bonchev–Trinajstić information content (AvgIpc) is 2.76. The highest BCUT2D eigenvalue weighted by Gasteiger charge is 2.27. The first kappa shape index (κ1) is 16.2. The maximum Gasteiger partial charge on any atom is 0.405 e. The van der Waals surface area contributed by atoms with E-state index < -0.39 is 18.6 Å². The number of halogens is 5. The second kappa shape index (κ2) is 6.29. The quantitative estimate of drug-likeness (QED) is 0.853. The number of fused-ring (bicyclic) bond motifs is 1. The van der Waals surface area contributed by atoms with Gasteiger partial charge in [-0.05, 0) is 6.07 Å². The van der Waals surface area contributed by atoms with Crippen LogP contribution in [0.4, 0.5) is 13.2 Å². The van der Waals surface area contributed by atoms with E-state index in [1.54, 1.807) is 5.32 Å². The molecule has 1 amide bonds. The van der Waals surface area contributed by atoms with Crippen LogP contribution in [0.1, 0.15) is 0 Å². The summed E-state index contributed by atoms with van der Waals surface area (Å²) in [4.78, 5) is 11.3. The molecule has 0 saturated heterocycles. The molecular weight excluding hydrogens is 352 g/mol. The van der Waals surface area contributed by atoms with Crippen molar-refractivity contribution in [3.8, 4) is 0 Å². The number of hydrogen-bond acceptors (Lipinski definition) is 4. The number of hydrogen-bond donors (Lipinski definition) is 1. The summed E-state index contributed by atoms with van der Waals surface area (Å²) >= 11 is 12.7. The Morgan fingerprint density at radius 2 is 2.10 bits per heavy atom. The minimum absolute atomic E-state index is 0.235. The fourth-order valence-corrected chi connectivity index (χ4v) is 2.63. The number of pyridine rings is 1. The molecule has 2 aromatic rings. The fourth-order valence-electron chi connectivity index (χ4n) is 1.38. The van der Waals surface area contributed by atoms with E-state index in [2.05, 4.69) is 10.2 Å². The molecule has 2 rings (SSSR count). The molecule has 114 valence electrons. The number of carbonyl (C=O) groups is 1. The largest absolute Gasteiger partial charge is 0.405 e. The summed E-state index contributed by atoms with van der Waals surface area (Å²) in [7, 11) is 0. The predicted octanol–water partition coefficient (Wildman–Crippen LogP) is 2.81. The maximum absolute atomic E-state index is 11.9. The molecule has 21 heavy (non-hydrogen) atoms. The molecular formula is C10H7Cl2F3N4OS. The molecule has 0 aromatic carbocycles. The molecule has 0 spiro atoms. The molecule has 0 fully saturated rings. The molecule has 0 saturated carbocycles. The average molecular weight is 359 g/mol. The van der Waals surface area contributed by atoms with Crippen LogP contribution in [0, 0.1) is 0 Å². The van der Waals surface area contributed by atoms with Crippen LogP contribution in [-0.2, 0) is 4.79 Å². The molecule has 5 nitrogen and oxygen atoms in total. The van der Waals surface area contributed by atoms with Gasteiger partial charge in [0.05, 0.1) is 15.8 Å². The summed E-state index contributed by atoms with van der Waals surface area (Å²) in [5, 5.41) is 10.3. The predicted molar refractivity (Wildman–Crippen MR) is 72.8 cm³/mol. The molecule has 2 heterocycles. The number of carbonyl (C=O) groups excluding carboxylic acids is 1. The smallest absolute Gasteiger partial charge is 0.346 e.